The Morgan fingerprint density at radius 1 is 1.10 bits per heavy atom. The maximum absolute atomic E-state index is 13.1. The number of benzene rings is 2. The summed E-state index contributed by atoms with van der Waals surface area (Å²) in [7, 11) is 0. The number of anilines is 1. The molecule has 1 N–H and O–H groups in total. The number of aromatic nitrogens is 2. The third kappa shape index (κ3) is 4.88. The van der Waals surface area contributed by atoms with E-state index in [1.807, 2.05) is 30.3 Å². The minimum absolute atomic E-state index is 0.172. The van der Waals surface area contributed by atoms with E-state index < -0.39 is 35.9 Å². The summed E-state index contributed by atoms with van der Waals surface area (Å²) in [6, 6.07) is 12.2. The molecule has 0 saturated heterocycles. The summed E-state index contributed by atoms with van der Waals surface area (Å²) in [5, 5.41) is 6.10. The Morgan fingerprint density at radius 3 is 2.42 bits per heavy atom. The number of para-hydroxylation sites is 2. The van der Waals surface area contributed by atoms with Crippen molar-refractivity contribution in [1.82, 2.24) is 9.78 Å². The summed E-state index contributed by atoms with van der Waals surface area (Å²) >= 11 is 5.81. The first-order valence-electron chi connectivity index (χ1n) is 9.04. The molecule has 1 amide bonds. The maximum Gasteiger partial charge on any atom is 0.418 e. The fourth-order valence-electron chi connectivity index (χ4n) is 3.02. The predicted octanol–water partition coefficient (Wildman–Crippen LogP) is 4.96. The van der Waals surface area contributed by atoms with Gasteiger partial charge in [-0.2, -0.15) is 18.3 Å². The number of nitrogens with zero attached hydrogens (tertiary/aromatic N) is 2. The fourth-order valence-corrected chi connectivity index (χ4v) is 3.25. The van der Waals surface area contributed by atoms with Crippen molar-refractivity contribution in [2.24, 2.45) is 0 Å². The Labute approximate surface area is 180 Å². The second-order valence-corrected chi connectivity index (χ2v) is 6.98. The molecule has 3 aromatic rings. The van der Waals surface area contributed by atoms with Gasteiger partial charge in [-0.15, -0.1) is 0 Å². The highest BCUT2D eigenvalue weighted by Crippen LogP contribution is 2.38. The molecule has 1 heterocycles. The molecule has 6 nitrogen and oxygen atoms in total. The van der Waals surface area contributed by atoms with Crippen LogP contribution in [0.4, 0.5) is 18.9 Å². The monoisotopic (exact) mass is 451 g/mol. The highest BCUT2D eigenvalue weighted by atomic mass is 35.5. The highest BCUT2D eigenvalue weighted by molar-refractivity contribution is 6.34. The van der Waals surface area contributed by atoms with Crippen molar-refractivity contribution in [3.8, 4) is 5.69 Å². The molecule has 162 valence electrons. The number of amides is 1. The van der Waals surface area contributed by atoms with Gasteiger partial charge >= 0.3 is 12.1 Å². The van der Waals surface area contributed by atoms with E-state index in [0.29, 0.717) is 11.4 Å². The molecule has 0 saturated carbocycles. The molecule has 0 aliphatic carbocycles. The zero-order valence-electron chi connectivity index (χ0n) is 16.5. The lowest BCUT2D eigenvalue weighted by molar-refractivity contribution is -0.137. The average Bonchev–Trinajstić information content (AvgIpc) is 3.01. The Kier molecular flexibility index (Phi) is 6.35. The van der Waals surface area contributed by atoms with Gasteiger partial charge in [0, 0.05) is 0 Å². The van der Waals surface area contributed by atoms with Crippen LogP contribution in [0, 0.1) is 13.8 Å². The van der Waals surface area contributed by atoms with E-state index in [0.717, 1.165) is 17.8 Å². The average molecular weight is 452 g/mol. The van der Waals surface area contributed by atoms with Crippen LogP contribution in [0.25, 0.3) is 5.69 Å². The largest absolute Gasteiger partial charge is 0.452 e. The second kappa shape index (κ2) is 8.81. The van der Waals surface area contributed by atoms with Crippen LogP contribution in [-0.2, 0) is 15.7 Å². The van der Waals surface area contributed by atoms with Gasteiger partial charge in [0.2, 0.25) is 0 Å². The molecule has 0 radical (unpaired) electrons. The third-order valence-corrected chi connectivity index (χ3v) is 4.73. The standard InChI is InChI=1S/C21H17ClF3N3O3/c1-12-18(13(2)28(27-12)14-7-4-3-5-8-14)20(30)31-11-17(29)26-19-15(21(23,24)25)9-6-10-16(19)22/h3-10H,11H2,1-2H3,(H,26,29). The fraction of sp³-hybridized carbons (Fsp3) is 0.190. The van der Waals surface area contributed by atoms with E-state index in [1.165, 1.54) is 6.07 Å². The first-order chi connectivity index (χ1) is 14.6. The lowest BCUT2D eigenvalue weighted by Crippen LogP contribution is -2.23. The van der Waals surface area contributed by atoms with Gasteiger partial charge in [0.05, 0.1) is 33.3 Å². The van der Waals surface area contributed by atoms with Crippen LogP contribution in [-0.4, -0.2) is 28.3 Å². The van der Waals surface area contributed by atoms with E-state index in [9.17, 15) is 22.8 Å². The number of alkyl halides is 3. The summed E-state index contributed by atoms with van der Waals surface area (Å²) in [4.78, 5) is 24.7. The van der Waals surface area contributed by atoms with Crippen LogP contribution in [0.5, 0.6) is 0 Å². The van der Waals surface area contributed by atoms with E-state index in [-0.39, 0.29) is 10.6 Å². The Bertz CT molecular complexity index is 1130. The topological polar surface area (TPSA) is 73.2 Å². The minimum Gasteiger partial charge on any atom is -0.452 e. The van der Waals surface area contributed by atoms with Crippen molar-refractivity contribution in [2.45, 2.75) is 20.0 Å². The summed E-state index contributed by atoms with van der Waals surface area (Å²) in [5.74, 6) is -1.78. The molecule has 0 aliphatic rings. The lowest BCUT2D eigenvalue weighted by atomic mass is 10.1. The number of carbonyl (C=O) groups excluding carboxylic acids is 2. The molecule has 0 spiro atoms. The number of carbonyl (C=O) groups is 2. The molecule has 10 heteroatoms. The Hall–Kier alpha value is -3.33. The molecule has 2 aromatic carbocycles. The number of esters is 1. The van der Waals surface area contributed by atoms with Crippen molar-refractivity contribution >= 4 is 29.2 Å². The molecule has 3 rings (SSSR count). The number of hydrogen-bond donors (Lipinski definition) is 1. The Morgan fingerprint density at radius 2 is 1.77 bits per heavy atom. The molecule has 0 fully saturated rings. The van der Waals surface area contributed by atoms with Crippen molar-refractivity contribution in [1.29, 1.82) is 0 Å². The van der Waals surface area contributed by atoms with Crippen molar-refractivity contribution in [2.75, 3.05) is 11.9 Å². The number of halogens is 4. The van der Waals surface area contributed by atoms with E-state index in [2.05, 4.69) is 10.4 Å². The zero-order valence-corrected chi connectivity index (χ0v) is 17.2. The third-order valence-electron chi connectivity index (χ3n) is 4.41. The molecular weight excluding hydrogens is 435 g/mol. The normalized spacial score (nSPS) is 11.3. The van der Waals surface area contributed by atoms with Gasteiger partial charge in [-0.3, -0.25) is 4.79 Å². The number of ether oxygens (including phenoxy) is 1. The number of nitrogens with one attached hydrogen (secondary N) is 1. The summed E-state index contributed by atoms with van der Waals surface area (Å²) in [6.45, 7) is 2.49. The SMILES string of the molecule is Cc1nn(-c2ccccc2)c(C)c1C(=O)OCC(=O)Nc1c(Cl)cccc1C(F)(F)F. The van der Waals surface area contributed by atoms with Crippen LogP contribution in [0.15, 0.2) is 48.5 Å². The first kappa shape index (κ1) is 22.4. The highest BCUT2D eigenvalue weighted by Gasteiger charge is 2.35. The molecule has 0 unspecified atom stereocenters. The number of aryl methyl sites for hydroxylation is 1. The van der Waals surface area contributed by atoms with E-state index in [1.54, 1.807) is 18.5 Å². The smallest absolute Gasteiger partial charge is 0.418 e. The van der Waals surface area contributed by atoms with Crippen LogP contribution >= 0.6 is 11.6 Å². The van der Waals surface area contributed by atoms with E-state index >= 15 is 0 Å². The van der Waals surface area contributed by atoms with Gasteiger partial charge in [0.25, 0.3) is 5.91 Å². The summed E-state index contributed by atoms with van der Waals surface area (Å²) in [5.41, 5.74) is 0.0953. The van der Waals surface area contributed by atoms with Crippen LogP contribution in [0.2, 0.25) is 5.02 Å². The molecule has 0 aliphatic heterocycles. The molecule has 0 bridgehead atoms. The molecular formula is C21H17ClF3N3O3. The second-order valence-electron chi connectivity index (χ2n) is 6.58. The zero-order chi connectivity index (χ0) is 22.8. The van der Waals surface area contributed by atoms with E-state index in [4.69, 9.17) is 16.3 Å². The number of rotatable bonds is 5. The number of hydrogen-bond acceptors (Lipinski definition) is 4. The summed E-state index contributed by atoms with van der Waals surface area (Å²) in [6.07, 6.45) is -4.72. The minimum atomic E-state index is -4.72. The summed E-state index contributed by atoms with van der Waals surface area (Å²) < 4.78 is 46.0. The van der Waals surface area contributed by atoms with Gasteiger partial charge in [-0.25, -0.2) is 9.48 Å². The lowest BCUT2D eigenvalue weighted by Gasteiger charge is -2.15. The maximum atomic E-state index is 13.1. The van der Waals surface area contributed by atoms with Crippen LogP contribution in [0.3, 0.4) is 0 Å². The first-order valence-corrected chi connectivity index (χ1v) is 9.41. The molecule has 0 atom stereocenters. The van der Waals surface area contributed by atoms with Crippen molar-refractivity contribution in [3.05, 3.63) is 76.1 Å². The van der Waals surface area contributed by atoms with Crippen molar-refractivity contribution in [3.63, 3.8) is 0 Å². The van der Waals surface area contributed by atoms with Gasteiger partial charge < -0.3 is 10.1 Å². The molecule has 1 aromatic heterocycles. The van der Waals surface area contributed by atoms with Gasteiger partial charge in [-0.1, -0.05) is 35.9 Å². The van der Waals surface area contributed by atoms with Crippen LogP contribution < -0.4 is 5.32 Å². The quantitative estimate of drug-likeness (QED) is 0.557. The van der Waals surface area contributed by atoms with Gasteiger partial charge in [-0.05, 0) is 38.1 Å². The van der Waals surface area contributed by atoms with Crippen LogP contribution in [0.1, 0.15) is 27.3 Å². The molecule has 31 heavy (non-hydrogen) atoms. The van der Waals surface area contributed by atoms with Crippen molar-refractivity contribution < 1.29 is 27.5 Å². The predicted molar refractivity (Wildman–Crippen MR) is 108 cm³/mol. The van der Waals surface area contributed by atoms with Gasteiger partial charge in [0.1, 0.15) is 5.56 Å². The Balaban J connectivity index is 1.73. The van der Waals surface area contributed by atoms with Gasteiger partial charge in [0.15, 0.2) is 6.61 Å².